The normalized spacial score (nSPS) is 18.5. The average molecular weight is 554 g/mol. The molecule has 0 unspecified atom stereocenters. The maximum absolute atomic E-state index is 13.7. The molecule has 1 aromatic carbocycles. The lowest BCUT2D eigenvalue weighted by atomic mass is 9.85. The predicted molar refractivity (Wildman–Crippen MR) is 149 cm³/mol. The molecule has 0 bridgehead atoms. The molecule has 0 fully saturated rings. The summed E-state index contributed by atoms with van der Waals surface area (Å²) in [5, 5.41) is 0.934. The number of cyclic esters (lactones) is 1. The highest BCUT2D eigenvalue weighted by molar-refractivity contribution is 7.88. The summed E-state index contributed by atoms with van der Waals surface area (Å²) >= 11 is 0. The molecule has 0 aliphatic carbocycles. The van der Waals surface area contributed by atoms with Crippen molar-refractivity contribution in [3.8, 4) is 11.4 Å². The molecule has 0 spiro atoms. The molecular weight excluding hydrogens is 518 g/mol. The number of benzene rings is 1. The largest absolute Gasteiger partial charge is 0.458 e. The van der Waals surface area contributed by atoms with Crippen LogP contribution in [0.15, 0.2) is 35.1 Å². The lowest BCUT2D eigenvalue weighted by Gasteiger charge is -2.37. The van der Waals surface area contributed by atoms with Crippen molar-refractivity contribution in [2.24, 2.45) is 0 Å². The number of hydrogen-bond acceptors (Lipinski definition) is 7. The van der Waals surface area contributed by atoms with Crippen LogP contribution in [0.3, 0.4) is 0 Å². The summed E-state index contributed by atoms with van der Waals surface area (Å²) in [6.07, 6.45) is 1.86. The molecule has 0 N–H and O–H groups in total. The molecule has 39 heavy (non-hydrogen) atoms. The zero-order chi connectivity index (χ0) is 28.3. The number of carbonyl (C=O) groups is 1. The third kappa shape index (κ3) is 4.58. The maximum Gasteiger partial charge on any atom is 0.343 e. The molecule has 3 aromatic rings. The molecule has 0 radical (unpaired) electrons. The van der Waals surface area contributed by atoms with E-state index in [-0.39, 0.29) is 24.3 Å². The quantitative estimate of drug-likeness (QED) is 0.306. The van der Waals surface area contributed by atoms with Crippen LogP contribution in [0, 0.1) is 0 Å². The highest BCUT2D eigenvalue weighted by Crippen LogP contribution is 2.41. The van der Waals surface area contributed by atoms with Crippen molar-refractivity contribution < 1.29 is 22.7 Å². The van der Waals surface area contributed by atoms with E-state index in [1.807, 2.05) is 58.9 Å². The minimum absolute atomic E-state index is 0.0843. The summed E-state index contributed by atoms with van der Waals surface area (Å²) in [6, 6.07) is 9.62. The van der Waals surface area contributed by atoms with Crippen molar-refractivity contribution in [3.05, 3.63) is 62.9 Å². The molecule has 208 valence electrons. The van der Waals surface area contributed by atoms with E-state index in [1.54, 1.807) is 4.57 Å². The first kappa shape index (κ1) is 27.5. The minimum atomic E-state index is -3.33. The topological polar surface area (TPSA) is 108 Å². The van der Waals surface area contributed by atoms with Gasteiger partial charge in [-0.3, -0.25) is 4.79 Å². The van der Waals surface area contributed by atoms with Gasteiger partial charge in [0, 0.05) is 29.1 Å². The van der Waals surface area contributed by atoms with Crippen LogP contribution in [0.1, 0.15) is 63.3 Å². The zero-order valence-corrected chi connectivity index (χ0v) is 24.1. The van der Waals surface area contributed by atoms with E-state index in [2.05, 4.69) is 6.07 Å². The van der Waals surface area contributed by atoms with Gasteiger partial charge in [-0.1, -0.05) is 19.1 Å². The molecule has 2 aliphatic heterocycles. The van der Waals surface area contributed by atoms with Gasteiger partial charge in [-0.15, -0.1) is 0 Å². The standard InChI is InChI=1S/C29H35N3O6S/c1-7-29(38-18(4)5)23-14-25-26-20(15-31(25)27(33)22(23)16-37-28(29)34)13-21-19(9-8-10-24(21)30-26)11-12-32(17(2)3)39(6,35)36/h8-10,13-14,17-18H,7,11-12,15-16H2,1-6H3/t29-/m0/s1. The number of ether oxygens (including phenoxy) is 2. The van der Waals surface area contributed by atoms with Crippen molar-refractivity contribution >= 4 is 26.9 Å². The number of esters is 1. The van der Waals surface area contributed by atoms with Crippen LogP contribution in [0.25, 0.3) is 22.3 Å². The Morgan fingerprint density at radius 3 is 2.56 bits per heavy atom. The van der Waals surface area contributed by atoms with Crippen LogP contribution in [-0.2, 0) is 49.5 Å². The third-order valence-corrected chi connectivity index (χ3v) is 9.11. The van der Waals surface area contributed by atoms with Crippen LogP contribution in [0.5, 0.6) is 0 Å². The van der Waals surface area contributed by atoms with E-state index >= 15 is 0 Å². The molecule has 2 aromatic heterocycles. The van der Waals surface area contributed by atoms with Crippen molar-refractivity contribution in [1.82, 2.24) is 13.9 Å². The molecule has 0 saturated carbocycles. The van der Waals surface area contributed by atoms with E-state index in [9.17, 15) is 18.0 Å². The van der Waals surface area contributed by atoms with E-state index in [1.165, 1.54) is 10.6 Å². The average Bonchev–Trinajstić information content (AvgIpc) is 3.21. The van der Waals surface area contributed by atoms with Gasteiger partial charge in [0.25, 0.3) is 5.56 Å². The smallest absolute Gasteiger partial charge is 0.343 e. The van der Waals surface area contributed by atoms with Crippen LogP contribution in [-0.4, -0.2) is 53.2 Å². The SMILES string of the molecule is CC[C@@]1(OC(C)C)C(=O)OCc2c1cc1n(c2=O)Cc2cc3c(CCN(C(C)C)S(C)(=O)=O)cccc3nc2-1. The van der Waals surface area contributed by atoms with Crippen LogP contribution >= 0.6 is 0 Å². The molecular formula is C29H35N3O6S. The number of hydrogen-bond donors (Lipinski definition) is 0. The summed E-state index contributed by atoms with van der Waals surface area (Å²) in [6.45, 7) is 9.94. The third-order valence-electron chi connectivity index (χ3n) is 7.65. The Kier molecular flexibility index (Phi) is 6.93. The fourth-order valence-corrected chi connectivity index (χ4v) is 7.09. The number of rotatable bonds is 8. The second-order valence-corrected chi connectivity index (χ2v) is 12.9. The Balaban J connectivity index is 1.60. The van der Waals surface area contributed by atoms with E-state index < -0.39 is 21.6 Å². The lowest BCUT2D eigenvalue weighted by molar-refractivity contribution is -0.187. The predicted octanol–water partition coefficient (Wildman–Crippen LogP) is 3.72. The molecule has 10 heteroatoms. The van der Waals surface area contributed by atoms with E-state index in [4.69, 9.17) is 14.5 Å². The lowest BCUT2D eigenvalue weighted by Crippen LogP contribution is -2.47. The highest BCUT2D eigenvalue weighted by atomic mass is 32.2. The van der Waals surface area contributed by atoms with Gasteiger partial charge in [0.1, 0.15) is 6.61 Å². The number of nitrogens with zero attached hydrogens (tertiary/aromatic N) is 3. The molecule has 9 nitrogen and oxygen atoms in total. The zero-order valence-electron chi connectivity index (χ0n) is 23.3. The summed E-state index contributed by atoms with van der Waals surface area (Å²) < 4.78 is 39.3. The summed E-state index contributed by atoms with van der Waals surface area (Å²) in [7, 11) is -3.33. The monoisotopic (exact) mass is 553 g/mol. The molecule has 0 saturated heterocycles. The molecule has 2 aliphatic rings. The van der Waals surface area contributed by atoms with Crippen molar-refractivity contribution in [3.63, 3.8) is 0 Å². The molecule has 4 heterocycles. The number of carbonyl (C=O) groups excluding carboxylic acids is 1. The van der Waals surface area contributed by atoms with Crippen molar-refractivity contribution in [1.29, 1.82) is 0 Å². The first-order chi connectivity index (χ1) is 18.4. The Morgan fingerprint density at radius 2 is 1.92 bits per heavy atom. The molecule has 0 amide bonds. The Morgan fingerprint density at radius 1 is 1.18 bits per heavy atom. The van der Waals surface area contributed by atoms with Gasteiger partial charge in [0.05, 0.1) is 41.4 Å². The highest BCUT2D eigenvalue weighted by Gasteiger charge is 2.48. The number of sulfonamides is 1. The van der Waals surface area contributed by atoms with Gasteiger partial charge in [0.15, 0.2) is 5.60 Å². The van der Waals surface area contributed by atoms with Gasteiger partial charge in [0.2, 0.25) is 10.0 Å². The van der Waals surface area contributed by atoms with Crippen LogP contribution in [0.4, 0.5) is 0 Å². The van der Waals surface area contributed by atoms with Gasteiger partial charge in [-0.2, -0.15) is 4.31 Å². The van der Waals surface area contributed by atoms with Crippen molar-refractivity contribution in [2.45, 2.75) is 78.4 Å². The Hall–Kier alpha value is -3.08. The van der Waals surface area contributed by atoms with Gasteiger partial charge >= 0.3 is 5.97 Å². The summed E-state index contributed by atoms with van der Waals surface area (Å²) in [4.78, 5) is 31.7. The fraction of sp³-hybridized carbons (Fsp3) is 0.483. The van der Waals surface area contributed by atoms with E-state index in [0.717, 1.165) is 22.0 Å². The second kappa shape index (κ2) is 9.83. The molecule has 5 rings (SSSR count). The number of pyridine rings is 2. The van der Waals surface area contributed by atoms with E-state index in [0.29, 0.717) is 48.4 Å². The fourth-order valence-electron chi connectivity index (χ4n) is 5.91. The number of aromatic nitrogens is 2. The first-order valence-electron chi connectivity index (χ1n) is 13.4. The van der Waals surface area contributed by atoms with Crippen molar-refractivity contribution in [2.75, 3.05) is 12.8 Å². The van der Waals surface area contributed by atoms with Gasteiger partial charge in [-0.25, -0.2) is 18.2 Å². The maximum atomic E-state index is 13.7. The van der Waals surface area contributed by atoms with Crippen LogP contribution in [0.2, 0.25) is 0 Å². The van der Waals surface area contributed by atoms with Gasteiger partial charge in [-0.05, 0) is 64.3 Å². The summed E-state index contributed by atoms with van der Waals surface area (Å²) in [5.41, 5.74) is 3.47. The first-order valence-corrected chi connectivity index (χ1v) is 15.2. The number of fused-ring (bicyclic) bond motifs is 5. The molecule has 1 atom stereocenters. The summed E-state index contributed by atoms with van der Waals surface area (Å²) in [5.74, 6) is -0.477. The van der Waals surface area contributed by atoms with Crippen LogP contribution < -0.4 is 5.56 Å². The minimum Gasteiger partial charge on any atom is -0.458 e. The Bertz CT molecular complexity index is 1640. The van der Waals surface area contributed by atoms with Gasteiger partial charge < -0.3 is 14.0 Å². The second-order valence-electron chi connectivity index (χ2n) is 10.9. The Labute approximate surface area is 228 Å².